The van der Waals surface area contributed by atoms with Crippen molar-refractivity contribution in [3.05, 3.63) is 24.3 Å². The molecule has 0 bridgehead atoms. The predicted octanol–water partition coefficient (Wildman–Crippen LogP) is 0.0176. The lowest BCUT2D eigenvalue weighted by Crippen LogP contribution is -2.52. The minimum atomic E-state index is -1.47. The summed E-state index contributed by atoms with van der Waals surface area (Å²) in [5.74, 6) is -0.512. The smallest absolute Gasteiger partial charge is 0.450 e. The van der Waals surface area contributed by atoms with Gasteiger partial charge < -0.3 is 19.9 Å². The van der Waals surface area contributed by atoms with Gasteiger partial charge >= 0.3 is 6.16 Å². The molecule has 1 aromatic rings. The van der Waals surface area contributed by atoms with Gasteiger partial charge in [-0.25, -0.2) is 14.8 Å². The number of aromatic nitrogens is 2. The molecule has 1 aliphatic rings. The molecule has 0 aromatic carbocycles. The van der Waals surface area contributed by atoms with E-state index < -0.39 is 17.8 Å². The Hall–Kier alpha value is -2.22. The average molecular weight is 253 g/mol. The Kier molecular flexibility index (Phi) is 3.38. The van der Waals surface area contributed by atoms with Crippen LogP contribution in [0.5, 0.6) is 0 Å². The second-order valence-electron chi connectivity index (χ2n) is 3.75. The minimum absolute atomic E-state index is 0.0151. The van der Waals surface area contributed by atoms with E-state index in [4.69, 9.17) is 14.6 Å². The second-order valence-corrected chi connectivity index (χ2v) is 3.75. The maximum absolute atomic E-state index is 11.9. The number of rotatable bonds is 3. The molecular formula is C10H11N3O5. The van der Waals surface area contributed by atoms with E-state index in [1.54, 1.807) is 0 Å². The zero-order chi connectivity index (χ0) is 13.0. The summed E-state index contributed by atoms with van der Waals surface area (Å²) < 4.78 is 9.77. The SMILES string of the molecule is O=C(O)O[C@]1(NC(=O)c2cncnc2)CCOC1. The molecule has 8 nitrogen and oxygen atoms in total. The van der Waals surface area contributed by atoms with E-state index in [0.29, 0.717) is 6.61 Å². The van der Waals surface area contributed by atoms with Crippen molar-refractivity contribution in [2.24, 2.45) is 0 Å². The summed E-state index contributed by atoms with van der Waals surface area (Å²) in [5.41, 5.74) is -1.11. The van der Waals surface area contributed by atoms with Crippen LogP contribution in [0.4, 0.5) is 4.79 Å². The second kappa shape index (κ2) is 4.96. The van der Waals surface area contributed by atoms with Crippen LogP contribution in [-0.4, -0.2) is 46.1 Å². The molecule has 2 rings (SSSR count). The van der Waals surface area contributed by atoms with Gasteiger partial charge in [-0.15, -0.1) is 0 Å². The first-order valence-corrected chi connectivity index (χ1v) is 5.18. The zero-order valence-electron chi connectivity index (χ0n) is 9.33. The summed E-state index contributed by atoms with van der Waals surface area (Å²) in [5, 5.41) is 11.2. The highest BCUT2D eigenvalue weighted by Crippen LogP contribution is 2.21. The van der Waals surface area contributed by atoms with Gasteiger partial charge in [0.1, 0.15) is 12.9 Å². The molecule has 0 radical (unpaired) electrons. The monoisotopic (exact) mass is 253 g/mol. The highest BCUT2D eigenvalue weighted by atomic mass is 16.7. The molecular weight excluding hydrogens is 242 g/mol. The number of nitrogens with one attached hydrogen (secondary N) is 1. The van der Waals surface area contributed by atoms with Gasteiger partial charge in [0.15, 0.2) is 0 Å². The van der Waals surface area contributed by atoms with Crippen LogP contribution in [0.1, 0.15) is 16.8 Å². The predicted molar refractivity (Wildman–Crippen MR) is 56.8 cm³/mol. The van der Waals surface area contributed by atoms with E-state index in [2.05, 4.69) is 15.3 Å². The first-order valence-electron chi connectivity index (χ1n) is 5.18. The Bertz CT molecular complexity index is 444. The fraction of sp³-hybridized carbons (Fsp3) is 0.400. The number of ether oxygens (including phenoxy) is 2. The van der Waals surface area contributed by atoms with Gasteiger partial charge in [-0.05, 0) is 0 Å². The maximum atomic E-state index is 11.9. The van der Waals surface area contributed by atoms with E-state index in [1.807, 2.05) is 0 Å². The van der Waals surface area contributed by atoms with Gasteiger partial charge in [0.2, 0.25) is 5.72 Å². The quantitative estimate of drug-likeness (QED) is 0.576. The lowest BCUT2D eigenvalue weighted by molar-refractivity contribution is -0.0400. The van der Waals surface area contributed by atoms with Gasteiger partial charge in [-0.2, -0.15) is 0 Å². The highest BCUT2D eigenvalue weighted by Gasteiger charge is 2.40. The molecule has 1 saturated heterocycles. The number of carbonyl (C=O) groups is 2. The number of nitrogens with zero attached hydrogens (tertiary/aromatic N) is 2. The zero-order valence-corrected chi connectivity index (χ0v) is 9.33. The van der Waals surface area contributed by atoms with Crippen LogP contribution in [0.25, 0.3) is 0 Å². The van der Waals surface area contributed by atoms with Crippen LogP contribution >= 0.6 is 0 Å². The Morgan fingerprint density at radius 2 is 2.17 bits per heavy atom. The molecule has 0 aliphatic carbocycles. The fourth-order valence-corrected chi connectivity index (χ4v) is 1.61. The van der Waals surface area contributed by atoms with E-state index in [1.165, 1.54) is 18.7 Å². The molecule has 1 atom stereocenters. The summed E-state index contributed by atoms with van der Waals surface area (Å²) in [7, 11) is 0. The lowest BCUT2D eigenvalue weighted by Gasteiger charge is -2.26. The number of amides is 1. The normalized spacial score (nSPS) is 22.4. The van der Waals surface area contributed by atoms with E-state index in [9.17, 15) is 9.59 Å². The lowest BCUT2D eigenvalue weighted by atomic mass is 10.1. The molecule has 1 aliphatic heterocycles. The third kappa shape index (κ3) is 2.72. The summed E-state index contributed by atoms with van der Waals surface area (Å²) in [6.07, 6.45) is 2.74. The van der Waals surface area contributed by atoms with Crippen molar-refractivity contribution in [2.75, 3.05) is 13.2 Å². The molecule has 1 amide bonds. The van der Waals surface area contributed by atoms with E-state index >= 15 is 0 Å². The topological polar surface area (TPSA) is 111 Å². The van der Waals surface area contributed by atoms with Crippen LogP contribution in [0.2, 0.25) is 0 Å². The minimum Gasteiger partial charge on any atom is -0.450 e. The third-order valence-corrected chi connectivity index (χ3v) is 2.43. The molecule has 0 unspecified atom stereocenters. The van der Waals surface area contributed by atoms with Gasteiger partial charge in [0.25, 0.3) is 5.91 Å². The molecule has 1 aromatic heterocycles. The standard InChI is InChI=1S/C10H11N3O5/c14-8(7-3-11-6-12-4-7)13-10(18-9(15)16)1-2-17-5-10/h3-4,6H,1-2,5H2,(H,13,14)(H,15,16)/t10-/m1/s1. The van der Waals surface area contributed by atoms with Gasteiger partial charge in [0, 0.05) is 18.8 Å². The summed E-state index contributed by atoms with van der Waals surface area (Å²) in [6, 6.07) is 0. The van der Waals surface area contributed by atoms with Crippen LogP contribution in [-0.2, 0) is 9.47 Å². The van der Waals surface area contributed by atoms with Crippen LogP contribution in [0, 0.1) is 0 Å². The number of carbonyl (C=O) groups excluding carboxylic acids is 1. The Morgan fingerprint density at radius 3 is 2.72 bits per heavy atom. The molecule has 1 fully saturated rings. The molecule has 18 heavy (non-hydrogen) atoms. The van der Waals surface area contributed by atoms with Crippen molar-refractivity contribution >= 4 is 12.1 Å². The van der Waals surface area contributed by atoms with Crippen molar-refractivity contribution in [1.29, 1.82) is 0 Å². The van der Waals surface area contributed by atoms with Crippen molar-refractivity contribution < 1.29 is 24.2 Å². The number of hydrogen-bond acceptors (Lipinski definition) is 6. The molecule has 0 spiro atoms. The summed E-state index contributed by atoms with van der Waals surface area (Å²) >= 11 is 0. The molecule has 8 heteroatoms. The van der Waals surface area contributed by atoms with Gasteiger partial charge in [-0.3, -0.25) is 4.79 Å². The summed E-state index contributed by atoms with van der Waals surface area (Å²) in [4.78, 5) is 29.9. The summed E-state index contributed by atoms with van der Waals surface area (Å²) in [6.45, 7) is 0.303. The first kappa shape index (κ1) is 12.2. The van der Waals surface area contributed by atoms with Crippen LogP contribution < -0.4 is 5.32 Å². The Morgan fingerprint density at radius 1 is 1.44 bits per heavy atom. The maximum Gasteiger partial charge on any atom is 0.507 e. The van der Waals surface area contributed by atoms with Crippen molar-refractivity contribution in [3.8, 4) is 0 Å². The van der Waals surface area contributed by atoms with Crippen LogP contribution in [0.15, 0.2) is 18.7 Å². The molecule has 0 saturated carbocycles. The first-order chi connectivity index (χ1) is 8.61. The van der Waals surface area contributed by atoms with Gasteiger partial charge in [0.05, 0.1) is 12.2 Å². The van der Waals surface area contributed by atoms with Crippen molar-refractivity contribution in [1.82, 2.24) is 15.3 Å². The van der Waals surface area contributed by atoms with E-state index in [-0.39, 0.29) is 18.6 Å². The highest BCUT2D eigenvalue weighted by molar-refractivity contribution is 5.94. The largest absolute Gasteiger partial charge is 0.507 e. The van der Waals surface area contributed by atoms with Gasteiger partial charge in [-0.1, -0.05) is 0 Å². The number of hydrogen-bond donors (Lipinski definition) is 2. The Labute approximate surface area is 102 Å². The average Bonchev–Trinajstić information content (AvgIpc) is 2.77. The van der Waals surface area contributed by atoms with Crippen molar-refractivity contribution in [2.45, 2.75) is 12.1 Å². The fourth-order valence-electron chi connectivity index (χ4n) is 1.61. The Balaban J connectivity index is 2.10. The van der Waals surface area contributed by atoms with Crippen molar-refractivity contribution in [3.63, 3.8) is 0 Å². The number of carboxylic acid groups (broad SMARTS) is 1. The molecule has 2 N–H and O–H groups in total. The van der Waals surface area contributed by atoms with Crippen LogP contribution in [0.3, 0.4) is 0 Å². The van der Waals surface area contributed by atoms with E-state index in [0.717, 1.165) is 0 Å². The molecule has 96 valence electrons. The molecule has 2 heterocycles. The third-order valence-electron chi connectivity index (χ3n) is 2.43.